The minimum Gasteiger partial charge on any atom is -0.390 e. The highest BCUT2D eigenvalue weighted by atomic mass is 35.5. The molecule has 1 aromatic carbocycles. The van der Waals surface area contributed by atoms with Gasteiger partial charge in [0.05, 0.1) is 12.0 Å². The normalized spacial score (nSPS) is 15.5. The molecule has 0 spiro atoms. The number of aliphatic hydroxyl groups is 1. The summed E-state index contributed by atoms with van der Waals surface area (Å²) in [4.78, 5) is 0. The maximum atomic E-state index is 9.51. The molecule has 0 fully saturated rings. The van der Waals surface area contributed by atoms with Gasteiger partial charge in [0.1, 0.15) is 5.82 Å². The van der Waals surface area contributed by atoms with Crippen LogP contribution in [-0.4, -0.2) is 38.4 Å². The lowest BCUT2D eigenvalue weighted by Gasteiger charge is -2.15. The number of alkyl halides is 1. The summed E-state index contributed by atoms with van der Waals surface area (Å²) >= 11 is 5.60. The Kier molecular flexibility index (Phi) is 4.41. The Labute approximate surface area is 129 Å². The first kappa shape index (κ1) is 14.4. The second-order valence-corrected chi connectivity index (χ2v) is 5.63. The van der Waals surface area contributed by atoms with E-state index in [1.165, 1.54) is 12.8 Å². The van der Waals surface area contributed by atoms with Gasteiger partial charge in [-0.15, -0.1) is 21.8 Å². The molecule has 0 saturated heterocycles. The largest absolute Gasteiger partial charge is 0.390 e. The van der Waals surface area contributed by atoms with Crippen LogP contribution in [0.4, 0.5) is 5.69 Å². The molecule has 1 unspecified atom stereocenters. The zero-order chi connectivity index (χ0) is 14.7. The molecule has 0 aliphatic carbocycles. The number of aromatic nitrogens is 3. The van der Waals surface area contributed by atoms with Gasteiger partial charge in [0, 0.05) is 30.8 Å². The second-order valence-electron chi connectivity index (χ2n) is 5.32. The van der Waals surface area contributed by atoms with Crippen LogP contribution in [0.2, 0.25) is 0 Å². The molecule has 6 heteroatoms. The number of hydrogen-bond acceptors (Lipinski definition) is 4. The average Bonchev–Trinajstić information content (AvgIpc) is 2.97. The number of rotatable bonds is 5. The van der Waals surface area contributed by atoms with Crippen LogP contribution in [-0.2, 0) is 13.0 Å². The maximum absolute atomic E-state index is 9.51. The molecule has 1 aromatic heterocycles. The molecule has 2 N–H and O–H groups in total. The summed E-state index contributed by atoms with van der Waals surface area (Å²) in [6.45, 7) is 1.42. The predicted molar refractivity (Wildman–Crippen MR) is 83.6 cm³/mol. The fourth-order valence-corrected chi connectivity index (χ4v) is 2.69. The van der Waals surface area contributed by atoms with Crippen molar-refractivity contribution in [2.45, 2.75) is 31.9 Å². The van der Waals surface area contributed by atoms with Crippen molar-refractivity contribution in [1.29, 1.82) is 0 Å². The standard InChI is InChI=1S/C15H19ClN4O/c16-9-13(21)10-17-12-5-3-4-11(8-12)15-19-18-14-6-1-2-7-20(14)15/h3-5,8,13,17,21H,1-2,6-7,9-10H2. The third-order valence-corrected chi connectivity index (χ3v) is 4.06. The number of benzene rings is 1. The highest BCUT2D eigenvalue weighted by Crippen LogP contribution is 2.25. The van der Waals surface area contributed by atoms with Crippen molar-refractivity contribution < 1.29 is 5.11 Å². The molecule has 0 radical (unpaired) electrons. The van der Waals surface area contributed by atoms with Crippen molar-refractivity contribution in [2.75, 3.05) is 17.7 Å². The average molecular weight is 307 g/mol. The summed E-state index contributed by atoms with van der Waals surface area (Å²) in [5.74, 6) is 2.23. The minimum atomic E-state index is -0.545. The molecule has 0 amide bonds. The molecule has 21 heavy (non-hydrogen) atoms. The zero-order valence-corrected chi connectivity index (χ0v) is 12.6. The Bertz CT molecular complexity index is 613. The van der Waals surface area contributed by atoms with E-state index in [0.29, 0.717) is 6.54 Å². The first-order valence-electron chi connectivity index (χ1n) is 7.28. The first-order chi connectivity index (χ1) is 10.3. The summed E-state index contributed by atoms with van der Waals surface area (Å²) in [5, 5.41) is 21.3. The highest BCUT2D eigenvalue weighted by molar-refractivity contribution is 6.18. The molecule has 0 bridgehead atoms. The molecule has 1 aliphatic heterocycles. The predicted octanol–water partition coefficient (Wildman–Crippen LogP) is 2.29. The van der Waals surface area contributed by atoms with E-state index in [4.69, 9.17) is 11.6 Å². The molecule has 0 saturated carbocycles. The number of aliphatic hydroxyl groups excluding tert-OH is 1. The van der Waals surface area contributed by atoms with Crippen LogP contribution in [0, 0.1) is 0 Å². The van der Waals surface area contributed by atoms with Crippen LogP contribution in [0.5, 0.6) is 0 Å². The van der Waals surface area contributed by atoms with Gasteiger partial charge in [0.2, 0.25) is 0 Å². The van der Waals surface area contributed by atoms with Crippen LogP contribution in [0.25, 0.3) is 11.4 Å². The van der Waals surface area contributed by atoms with Crippen molar-refractivity contribution in [3.63, 3.8) is 0 Å². The highest BCUT2D eigenvalue weighted by Gasteiger charge is 2.17. The van der Waals surface area contributed by atoms with Crippen LogP contribution >= 0.6 is 11.6 Å². The van der Waals surface area contributed by atoms with E-state index in [1.54, 1.807) is 0 Å². The summed E-state index contributed by atoms with van der Waals surface area (Å²) < 4.78 is 2.20. The Morgan fingerprint density at radius 1 is 1.33 bits per heavy atom. The number of anilines is 1. The molecule has 3 rings (SSSR count). The molecule has 112 valence electrons. The van der Waals surface area contributed by atoms with E-state index in [1.807, 2.05) is 24.3 Å². The number of halogens is 1. The zero-order valence-electron chi connectivity index (χ0n) is 11.8. The van der Waals surface area contributed by atoms with E-state index >= 15 is 0 Å². The first-order valence-corrected chi connectivity index (χ1v) is 7.82. The number of nitrogens with zero attached hydrogens (tertiary/aromatic N) is 3. The summed E-state index contributed by atoms with van der Waals surface area (Å²) in [5.41, 5.74) is 1.99. The van der Waals surface area contributed by atoms with E-state index in [0.717, 1.165) is 35.9 Å². The van der Waals surface area contributed by atoms with E-state index in [9.17, 15) is 5.11 Å². The lowest BCUT2D eigenvalue weighted by molar-refractivity contribution is 0.211. The van der Waals surface area contributed by atoms with Crippen molar-refractivity contribution >= 4 is 17.3 Å². The van der Waals surface area contributed by atoms with Crippen LogP contribution in [0.1, 0.15) is 18.7 Å². The number of nitrogens with one attached hydrogen (secondary N) is 1. The fraction of sp³-hybridized carbons (Fsp3) is 0.467. The summed E-state index contributed by atoms with van der Waals surface area (Å²) in [6, 6.07) is 8.02. The third-order valence-electron chi connectivity index (χ3n) is 3.70. The van der Waals surface area contributed by atoms with Gasteiger partial charge in [-0.2, -0.15) is 0 Å². The quantitative estimate of drug-likeness (QED) is 0.832. The van der Waals surface area contributed by atoms with Gasteiger partial charge in [-0.05, 0) is 25.0 Å². The van der Waals surface area contributed by atoms with Gasteiger partial charge < -0.3 is 15.0 Å². The third kappa shape index (κ3) is 3.19. The van der Waals surface area contributed by atoms with Gasteiger partial charge in [0.15, 0.2) is 5.82 Å². The topological polar surface area (TPSA) is 63.0 Å². The fourth-order valence-electron chi connectivity index (χ4n) is 2.58. The number of fused-ring (bicyclic) bond motifs is 1. The van der Waals surface area contributed by atoms with Crippen LogP contribution in [0.15, 0.2) is 24.3 Å². The van der Waals surface area contributed by atoms with E-state index in [2.05, 4.69) is 20.1 Å². The molecular formula is C15H19ClN4O. The van der Waals surface area contributed by atoms with Crippen LogP contribution < -0.4 is 5.32 Å². The van der Waals surface area contributed by atoms with Crippen LogP contribution in [0.3, 0.4) is 0 Å². The van der Waals surface area contributed by atoms with Gasteiger partial charge >= 0.3 is 0 Å². The Morgan fingerprint density at radius 2 is 2.24 bits per heavy atom. The van der Waals surface area contributed by atoms with E-state index in [-0.39, 0.29) is 5.88 Å². The Morgan fingerprint density at radius 3 is 3.10 bits per heavy atom. The second kappa shape index (κ2) is 6.45. The molecule has 2 aromatic rings. The molecular weight excluding hydrogens is 288 g/mol. The SMILES string of the molecule is OC(CCl)CNc1cccc(-c2nnc3n2CCCC3)c1. The maximum Gasteiger partial charge on any atom is 0.164 e. The lowest BCUT2D eigenvalue weighted by Crippen LogP contribution is -2.20. The smallest absolute Gasteiger partial charge is 0.164 e. The molecule has 1 atom stereocenters. The number of hydrogen-bond donors (Lipinski definition) is 2. The summed E-state index contributed by atoms with van der Waals surface area (Å²) in [7, 11) is 0. The van der Waals surface area contributed by atoms with Crippen molar-refractivity contribution in [2.24, 2.45) is 0 Å². The monoisotopic (exact) mass is 306 g/mol. The van der Waals surface area contributed by atoms with Gasteiger partial charge in [-0.3, -0.25) is 0 Å². The van der Waals surface area contributed by atoms with Gasteiger partial charge in [-0.1, -0.05) is 12.1 Å². The Hall–Kier alpha value is -1.59. The van der Waals surface area contributed by atoms with Crippen molar-refractivity contribution in [3.05, 3.63) is 30.1 Å². The van der Waals surface area contributed by atoms with Crippen molar-refractivity contribution in [1.82, 2.24) is 14.8 Å². The molecule has 5 nitrogen and oxygen atoms in total. The molecule has 2 heterocycles. The summed E-state index contributed by atoms with van der Waals surface area (Å²) in [6.07, 6.45) is 2.83. The van der Waals surface area contributed by atoms with Gasteiger partial charge in [0.25, 0.3) is 0 Å². The number of aryl methyl sites for hydroxylation is 1. The van der Waals surface area contributed by atoms with Crippen molar-refractivity contribution in [3.8, 4) is 11.4 Å². The molecule has 1 aliphatic rings. The van der Waals surface area contributed by atoms with Gasteiger partial charge in [-0.25, -0.2) is 0 Å². The minimum absolute atomic E-state index is 0.227. The van der Waals surface area contributed by atoms with E-state index < -0.39 is 6.10 Å². The lowest BCUT2D eigenvalue weighted by atomic mass is 10.1. The Balaban J connectivity index is 1.81.